The van der Waals surface area contributed by atoms with Gasteiger partial charge in [-0.2, -0.15) is 13.2 Å². The fraction of sp³-hybridized carbons (Fsp3) is 0.429. The van der Waals surface area contributed by atoms with Gasteiger partial charge < -0.3 is 14.8 Å². The predicted molar refractivity (Wildman–Crippen MR) is 101 cm³/mol. The summed E-state index contributed by atoms with van der Waals surface area (Å²) in [4.78, 5) is 25.5. The maximum absolute atomic E-state index is 13.7. The van der Waals surface area contributed by atoms with Gasteiger partial charge in [0.2, 0.25) is 0 Å². The molecule has 29 heavy (non-hydrogen) atoms. The van der Waals surface area contributed by atoms with Gasteiger partial charge in [-0.1, -0.05) is 18.2 Å². The molecule has 0 saturated heterocycles. The first kappa shape index (κ1) is 22.5. The molecule has 1 aliphatic rings. The molecule has 1 aromatic carbocycles. The van der Waals surface area contributed by atoms with Crippen LogP contribution in [0.3, 0.4) is 0 Å². The van der Waals surface area contributed by atoms with Crippen LogP contribution >= 0.6 is 0 Å². The standard InChI is InChI=1S/C21H24F3NO4/c1-6-28-19(26)16-12(4)25-13(5)17(20(27)29-11(2)3)18(16)14-9-7-8-10-15(14)21(22,23)24/h7-11,18,25H,6H2,1-5H3. The normalized spacial score (nSPS) is 17.3. The molecule has 0 aromatic heterocycles. The Morgan fingerprint density at radius 3 is 2.14 bits per heavy atom. The number of halogens is 3. The van der Waals surface area contributed by atoms with E-state index in [-0.39, 0.29) is 23.3 Å². The summed E-state index contributed by atoms with van der Waals surface area (Å²) in [6, 6.07) is 4.89. The molecule has 0 fully saturated rings. The fourth-order valence-corrected chi connectivity index (χ4v) is 3.34. The second-order valence-corrected chi connectivity index (χ2v) is 6.89. The van der Waals surface area contributed by atoms with Gasteiger partial charge in [0.15, 0.2) is 0 Å². The molecule has 1 aliphatic heterocycles. The summed E-state index contributed by atoms with van der Waals surface area (Å²) in [5, 5.41) is 2.91. The minimum atomic E-state index is -4.67. The van der Waals surface area contributed by atoms with Gasteiger partial charge in [0.1, 0.15) is 0 Å². The van der Waals surface area contributed by atoms with Crippen molar-refractivity contribution in [1.82, 2.24) is 5.32 Å². The maximum Gasteiger partial charge on any atom is 0.416 e. The Morgan fingerprint density at radius 2 is 1.62 bits per heavy atom. The highest BCUT2D eigenvalue weighted by atomic mass is 19.4. The first-order valence-electron chi connectivity index (χ1n) is 9.21. The second kappa shape index (κ2) is 8.71. The van der Waals surface area contributed by atoms with E-state index in [0.29, 0.717) is 11.4 Å². The summed E-state index contributed by atoms with van der Waals surface area (Å²) in [6.07, 6.45) is -5.16. The lowest BCUT2D eigenvalue weighted by Gasteiger charge is -2.32. The van der Waals surface area contributed by atoms with Crippen molar-refractivity contribution in [2.24, 2.45) is 0 Å². The molecule has 0 saturated carbocycles. The molecule has 1 N–H and O–H groups in total. The molecule has 0 spiro atoms. The van der Waals surface area contributed by atoms with E-state index in [1.165, 1.54) is 18.2 Å². The number of rotatable bonds is 5. The SMILES string of the molecule is CCOC(=O)C1=C(C)NC(C)=C(C(=O)OC(C)C)C1c1ccccc1C(F)(F)F. The number of ether oxygens (including phenoxy) is 2. The average molecular weight is 411 g/mol. The van der Waals surface area contributed by atoms with Crippen LogP contribution in [-0.4, -0.2) is 24.6 Å². The molecular formula is C21H24F3NO4. The van der Waals surface area contributed by atoms with Gasteiger partial charge in [-0.05, 0) is 46.2 Å². The van der Waals surface area contributed by atoms with E-state index in [1.54, 1.807) is 34.6 Å². The Morgan fingerprint density at radius 1 is 1.07 bits per heavy atom. The lowest BCUT2D eigenvalue weighted by Crippen LogP contribution is -2.34. The van der Waals surface area contributed by atoms with Crippen LogP contribution in [-0.2, 0) is 25.2 Å². The Bertz CT molecular complexity index is 869. The molecule has 1 unspecified atom stereocenters. The fourth-order valence-electron chi connectivity index (χ4n) is 3.34. The van der Waals surface area contributed by atoms with Crippen molar-refractivity contribution in [1.29, 1.82) is 0 Å². The summed E-state index contributed by atoms with van der Waals surface area (Å²) < 4.78 is 51.5. The van der Waals surface area contributed by atoms with Gasteiger partial charge in [-0.25, -0.2) is 9.59 Å². The van der Waals surface area contributed by atoms with Crippen molar-refractivity contribution >= 4 is 11.9 Å². The summed E-state index contributed by atoms with van der Waals surface area (Å²) in [5.74, 6) is -2.86. The van der Waals surface area contributed by atoms with Crippen LogP contribution in [0.4, 0.5) is 13.2 Å². The number of benzene rings is 1. The smallest absolute Gasteiger partial charge is 0.416 e. The number of hydrogen-bond acceptors (Lipinski definition) is 5. The van der Waals surface area contributed by atoms with Crippen molar-refractivity contribution in [3.63, 3.8) is 0 Å². The first-order chi connectivity index (χ1) is 13.5. The zero-order valence-corrected chi connectivity index (χ0v) is 16.9. The van der Waals surface area contributed by atoms with Crippen LogP contribution in [0.15, 0.2) is 46.8 Å². The summed E-state index contributed by atoms with van der Waals surface area (Å²) in [6.45, 7) is 8.02. The molecule has 1 heterocycles. The van der Waals surface area contributed by atoms with Crippen LogP contribution in [0, 0.1) is 0 Å². The largest absolute Gasteiger partial charge is 0.463 e. The number of carbonyl (C=O) groups is 2. The van der Waals surface area contributed by atoms with Gasteiger partial charge in [0, 0.05) is 11.4 Å². The third kappa shape index (κ3) is 4.81. The van der Waals surface area contributed by atoms with Crippen LogP contribution in [0.2, 0.25) is 0 Å². The molecule has 1 atom stereocenters. The second-order valence-electron chi connectivity index (χ2n) is 6.89. The zero-order chi connectivity index (χ0) is 21.9. The molecule has 0 radical (unpaired) electrons. The summed E-state index contributed by atoms with van der Waals surface area (Å²) in [5.41, 5.74) is -0.593. The molecule has 0 amide bonds. The van der Waals surface area contributed by atoms with E-state index in [9.17, 15) is 22.8 Å². The Kier molecular flexibility index (Phi) is 6.77. The van der Waals surface area contributed by atoms with Crippen LogP contribution in [0.1, 0.15) is 51.7 Å². The van der Waals surface area contributed by atoms with Crippen molar-refractivity contribution in [3.05, 3.63) is 57.9 Å². The zero-order valence-electron chi connectivity index (χ0n) is 16.9. The van der Waals surface area contributed by atoms with E-state index in [0.717, 1.165) is 6.07 Å². The topological polar surface area (TPSA) is 64.6 Å². The summed E-state index contributed by atoms with van der Waals surface area (Å²) >= 11 is 0. The van der Waals surface area contributed by atoms with Gasteiger partial charge in [0.05, 0.1) is 35.3 Å². The van der Waals surface area contributed by atoms with E-state index in [4.69, 9.17) is 9.47 Å². The number of alkyl halides is 3. The highest BCUT2D eigenvalue weighted by Crippen LogP contribution is 2.44. The van der Waals surface area contributed by atoms with Crippen LogP contribution < -0.4 is 5.32 Å². The third-order valence-corrected chi connectivity index (χ3v) is 4.40. The van der Waals surface area contributed by atoms with E-state index < -0.39 is 35.7 Å². The molecule has 0 bridgehead atoms. The Balaban J connectivity index is 2.78. The van der Waals surface area contributed by atoms with Crippen LogP contribution in [0.5, 0.6) is 0 Å². The number of allylic oxidation sites excluding steroid dienone is 2. The monoisotopic (exact) mass is 411 g/mol. The highest BCUT2D eigenvalue weighted by molar-refractivity contribution is 6.00. The van der Waals surface area contributed by atoms with Crippen molar-refractivity contribution in [2.75, 3.05) is 6.61 Å². The number of esters is 2. The predicted octanol–water partition coefficient (Wildman–Crippen LogP) is 4.45. The Hall–Kier alpha value is -2.77. The molecular weight excluding hydrogens is 387 g/mol. The van der Waals surface area contributed by atoms with Crippen molar-refractivity contribution in [2.45, 2.75) is 52.8 Å². The lowest BCUT2D eigenvalue weighted by atomic mass is 9.78. The van der Waals surface area contributed by atoms with E-state index in [2.05, 4.69) is 5.32 Å². The molecule has 0 aliphatic carbocycles. The van der Waals surface area contributed by atoms with Gasteiger partial charge in [0.25, 0.3) is 0 Å². The van der Waals surface area contributed by atoms with E-state index in [1.807, 2.05) is 0 Å². The van der Waals surface area contributed by atoms with Gasteiger partial charge in [-0.3, -0.25) is 0 Å². The quantitative estimate of drug-likeness (QED) is 0.725. The lowest BCUT2D eigenvalue weighted by molar-refractivity contribution is -0.144. The molecule has 1 aromatic rings. The van der Waals surface area contributed by atoms with Crippen LogP contribution in [0.25, 0.3) is 0 Å². The highest BCUT2D eigenvalue weighted by Gasteiger charge is 2.43. The average Bonchev–Trinajstić information content (AvgIpc) is 2.59. The molecule has 8 heteroatoms. The van der Waals surface area contributed by atoms with Crippen molar-refractivity contribution < 1.29 is 32.2 Å². The van der Waals surface area contributed by atoms with Crippen molar-refractivity contribution in [3.8, 4) is 0 Å². The Labute approximate surface area is 167 Å². The number of carbonyl (C=O) groups excluding carboxylic acids is 2. The first-order valence-corrected chi connectivity index (χ1v) is 9.21. The maximum atomic E-state index is 13.7. The number of nitrogens with one attached hydrogen (secondary N) is 1. The molecule has 158 valence electrons. The van der Waals surface area contributed by atoms with Gasteiger partial charge in [-0.15, -0.1) is 0 Å². The number of dihydropyridines is 1. The minimum absolute atomic E-state index is 0.0394. The summed E-state index contributed by atoms with van der Waals surface area (Å²) in [7, 11) is 0. The van der Waals surface area contributed by atoms with E-state index >= 15 is 0 Å². The number of hydrogen-bond donors (Lipinski definition) is 1. The molecule has 5 nitrogen and oxygen atoms in total. The van der Waals surface area contributed by atoms with Gasteiger partial charge >= 0.3 is 18.1 Å². The third-order valence-electron chi connectivity index (χ3n) is 4.40. The molecule has 2 rings (SSSR count). The minimum Gasteiger partial charge on any atom is -0.463 e.